The van der Waals surface area contributed by atoms with Gasteiger partial charge in [-0.25, -0.2) is 4.39 Å². The number of rotatable bonds is 1. The molecule has 3 heteroatoms. The Labute approximate surface area is 83.3 Å². The fourth-order valence-electron chi connectivity index (χ4n) is 1.98. The van der Waals surface area contributed by atoms with Gasteiger partial charge < -0.3 is 11.1 Å². The van der Waals surface area contributed by atoms with E-state index in [0.29, 0.717) is 0 Å². The minimum absolute atomic E-state index is 0.102. The van der Waals surface area contributed by atoms with Crippen LogP contribution in [0.15, 0.2) is 24.3 Å². The molecular formula is C11H15FN2. The van der Waals surface area contributed by atoms with Crippen LogP contribution in [0.3, 0.4) is 0 Å². The Hall–Kier alpha value is -0.930. The van der Waals surface area contributed by atoms with Crippen LogP contribution in [0.25, 0.3) is 0 Å². The Morgan fingerprint density at radius 3 is 3.00 bits per heavy atom. The van der Waals surface area contributed by atoms with Crippen molar-refractivity contribution in [3.05, 3.63) is 35.6 Å². The molecule has 0 aromatic heterocycles. The first-order valence-corrected chi connectivity index (χ1v) is 5.02. The maximum atomic E-state index is 13.0. The van der Waals surface area contributed by atoms with E-state index < -0.39 is 0 Å². The molecule has 2 nitrogen and oxygen atoms in total. The second-order valence-corrected chi connectivity index (χ2v) is 3.79. The number of piperidine rings is 1. The van der Waals surface area contributed by atoms with Gasteiger partial charge in [-0.15, -0.1) is 0 Å². The van der Waals surface area contributed by atoms with Gasteiger partial charge in [0, 0.05) is 12.1 Å². The van der Waals surface area contributed by atoms with Gasteiger partial charge in [-0.3, -0.25) is 0 Å². The quantitative estimate of drug-likeness (QED) is 0.712. The van der Waals surface area contributed by atoms with Gasteiger partial charge in [0.05, 0.1) is 0 Å². The van der Waals surface area contributed by atoms with E-state index >= 15 is 0 Å². The van der Waals surface area contributed by atoms with Crippen molar-refractivity contribution in [1.82, 2.24) is 5.32 Å². The molecule has 76 valence electrons. The summed E-state index contributed by atoms with van der Waals surface area (Å²) in [5.41, 5.74) is 6.93. The fraction of sp³-hybridized carbons (Fsp3) is 0.455. The van der Waals surface area contributed by atoms with E-state index in [0.717, 1.165) is 24.9 Å². The molecule has 0 aliphatic carbocycles. The minimum atomic E-state index is -0.193. The summed E-state index contributed by atoms with van der Waals surface area (Å²) in [7, 11) is 0. The van der Waals surface area contributed by atoms with E-state index in [1.807, 2.05) is 6.07 Å². The molecule has 1 aromatic carbocycles. The molecule has 2 atom stereocenters. The van der Waals surface area contributed by atoms with Crippen LogP contribution in [0, 0.1) is 5.82 Å². The maximum absolute atomic E-state index is 13.0. The van der Waals surface area contributed by atoms with E-state index in [1.165, 1.54) is 6.07 Å². The van der Waals surface area contributed by atoms with Crippen LogP contribution in [0.4, 0.5) is 4.39 Å². The molecule has 1 saturated heterocycles. The lowest BCUT2D eigenvalue weighted by Gasteiger charge is -2.30. The van der Waals surface area contributed by atoms with E-state index in [2.05, 4.69) is 5.32 Å². The highest BCUT2D eigenvalue weighted by Crippen LogP contribution is 2.22. The average molecular weight is 194 g/mol. The first-order chi connectivity index (χ1) is 6.77. The third-order valence-corrected chi connectivity index (χ3v) is 2.71. The van der Waals surface area contributed by atoms with Gasteiger partial charge in [0.2, 0.25) is 0 Å². The monoisotopic (exact) mass is 194 g/mol. The topological polar surface area (TPSA) is 38.0 Å². The lowest BCUT2D eigenvalue weighted by molar-refractivity contribution is 0.357. The Morgan fingerprint density at radius 1 is 1.43 bits per heavy atom. The first kappa shape index (κ1) is 9.62. The summed E-state index contributed by atoms with van der Waals surface area (Å²) in [6, 6.07) is 6.88. The highest BCUT2D eigenvalue weighted by Gasteiger charge is 2.22. The fourth-order valence-corrected chi connectivity index (χ4v) is 1.98. The van der Waals surface area contributed by atoms with Gasteiger partial charge in [-0.05, 0) is 37.1 Å². The van der Waals surface area contributed by atoms with Crippen molar-refractivity contribution in [2.24, 2.45) is 5.73 Å². The SMILES string of the molecule is N[C@H]1CCCN[C@H]1c1cccc(F)c1. The molecule has 0 spiro atoms. The van der Waals surface area contributed by atoms with Crippen LogP contribution in [0.1, 0.15) is 24.4 Å². The number of halogens is 1. The lowest BCUT2D eigenvalue weighted by Crippen LogP contribution is -2.42. The normalized spacial score (nSPS) is 27.6. The van der Waals surface area contributed by atoms with Gasteiger partial charge in [-0.1, -0.05) is 12.1 Å². The Morgan fingerprint density at radius 2 is 2.29 bits per heavy atom. The third-order valence-electron chi connectivity index (χ3n) is 2.71. The molecular weight excluding hydrogens is 179 g/mol. The third kappa shape index (κ3) is 1.94. The molecule has 1 aliphatic rings. The summed E-state index contributed by atoms with van der Waals surface area (Å²) in [5, 5.41) is 3.32. The zero-order valence-corrected chi connectivity index (χ0v) is 8.04. The summed E-state index contributed by atoms with van der Waals surface area (Å²) in [4.78, 5) is 0. The molecule has 1 aliphatic heterocycles. The Kier molecular flexibility index (Phi) is 2.79. The van der Waals surface area contributed by atoms with Crippen molar-refractivity contribution in [1.29, 1.82) is 0 Å². The van der Waals surface area contributed by atoms with Crippen molar-refractivity contribution in [3.63, 3.8) is 0 Å². The molecule has 0 radical (unpaired) electrons. The Bertz CT molecular complexity index is 314. The first-order valence-electron chi connectivity index (χ1n) is 5.02. The maximum Gasteiger partial charge on any atom is 0.123 e. The van der Waals surface area contributed by atoms with Gasteiger partial charge in [0.25, 0.3) is 0 Å². The Balaban J connectivity index is 2.20. The van der Waals surface area contributed by atoms with Crippen molar-refractivity contribution >= 4 is 0 Å². The zero-order valence-electron chi connectivity index (χ0n) is 8.04. The largest absolute Gasteiger partial charge is 0.326 e. The predicted molar refractivity (Wildman–Crippen MR) is 54.4 cm³/mol. The smallest absolute Gasteiger partial charge is 0.123 e. The molecule has 1 heterocycles. The summed E-state index contributed by atoms with van der Waals surface area (Å²) in [5.74, 6) is -0.193. The van der Waals surface area contributed by atoms with Gasteiger partial charge in [0.15, 0.2) is 0 Å². The van der Waals surface area contributed by atoms with E-state index in [9.17, 15) is 4.39 Å². The van der Waals surface area contributed by atoms with Gasteiger partial charge >= 0.3 is 0 Å². The summed E-state index contributed by atoms with van der Waals surface area (Å²) >= 11 is 0. The van der Waals surface area contributed by atoms with E-state index in [1.54, 1.807) is 12.1 Å². The van der Waals surface area contributed by atoms with Crippen molar-refractivity contribution in [2.45, 2.75) is 24.9 Å². The van der Waals surface area contributed by atoms with E-state index in [4.69, 9.17) is 5.73 Å². The standard InChI is InChI=1S/C11H15FN2/c12-9-4-1-3-8(7-9)11-10(13)5-2-6-14-11/h1,3-4,7,10-11,14H,2,5-6,13H2/t10-,11-/m0/s1. The van der Waals surface area contributed by atoms with Crippen molar-refractivity contribution in [2.75, 3.05) is 6.54 Å². The van der Waals surface area contributed by atoms with Gasteiger partial charge in [-0.2, -0.15) is 0 Å². The molecule has 2 rings (SSSR count). The van der Waals surface area contributed by atoms with Crippen LogP contribution in [-0.4, -0.2) is 12.6 Å². The highest BCUT2D eigenvalue weighted by molar-refractivity contribution is 5.22. The van der Waals surface area contributed by atoms with Crippen LogP contribution < -0.4 is 11.1 Å². The van der Waals surface area contributed by atoms with Crippen LogP contribution in [0.5, 0.6) is 0 Å². The number of nitrogens with two attached hydrogens (primary N) is 1. The summed E-state index contributed by atoms with van der Waals surface area (Å²) < 4.78 is 13.0. The lowest BCUT2D eigenvalue weighted by atomic mass is 9.93. The molecule has 0 bridgehead atoms. The molecule has 0 unspecified atom stereocenters. The molecule has 1 aromatic rings. The predicted octanol–water partition coefficient (Wildman–Crippen LogP) is 1.58. The number of hydrogen-bond donors (Lipinski definition) is 2. The molecule has 0 saturated carbocycles. The van der Waals surface area contributed by atoms with Crippen molar-refractivity contribution < 1.29 is 4.39 Å². The number of hydrogen-bond acceptors (Lipinski definition) is 2. The number of benzene rings is 1. The van der Waals surface area contributed by atoms with E-state index in [-0.39, 0.29) is 17.9 Å². The molecule has 0 amide bonds. The van der Waals surface area contributed by atoms with Crippen molar-refractivity contribution in [3.8, 4) is 0 Å². The summed E-state index contributed by atoms with van der Waals surface area (Å²) in [6.45, 7) is 0.967. The molecule has 3 N–H and O–H groups in total. The second-order valence-electron chi connectivity index (χ2n) is 3.79. The number of nitrogens with one attached hydrogen (secondary N) is 1. The van der Waals surface area contributed by atoms with Crippen LogP contribution in [-0.2, 0) is 0 Å². The van der Waals surface area contributed by atoms with Crippen LogP contribution >= 0.6 is 0 Å². The minimum Gasteiger partial charge on any atom is -0.326 e. The van der Waals surface area contributed by atoms with Gasteiger partial charge in [0.1, 0.15) is 5.82 Å². The average Bonchev–Trinajstić information content (AvgIpc) is 2.18. The molecule has 14 heavy (non-hydrogen) atoms. The highest BCUT2D eigenvalue weighted by atomic mass is 19.1. The second kappa shape index (κ2) is 4.07. The summed E-state index contributed by atoms with van der Waals surface area (Å²) in [6.07, 6.45) is 2.11. The van der Waals surface area contributed by atoms with Crippen LogP contribution in [0.2, 0.25) is 0 Å². The zero-order chi connectivity index (χ0) is 9.97. The molecule has 1 fully saturated rings.